The van der Waals surface area contributed by atoms with Gasteiger partial charge in [-0.2, -0.15) is 0 Å². The van der Waals surface area contributed by atoms with Gasteiger partial charge < -0.3 is 10.2 Å². The minimum atomic E-state index is -0.0935. The molecule has 1 aliphatic carbocycles. The maximum Gasteiger partial charge on any atom is 0.240 e. The Morgan fingerprint density at radius 2 is 2.00 bits per heavy atom. The summed E-state index contributed by atoms with van der Waals surface area (Å²) in [6.45, 7) is 4.10. The van der Waals surface area contributed by atoms with Gasteiger partial charge in [0, 0.05) is 10.9 Å². The molecule has 0 bridgehead atoms. The molecule has 0 radical (unpaired) electrons. The van der Waals surface area contributed by atoms with Crippen LogP contribution in [0.2, 0.25) is 0 Å². The Labute approximate surface area is 169 Å². The normalized spacial score (nSPS) is 17.3. The number of nitrogens with one attached hydrogen (secondary N) is 1. The number of nitrogens with zero attached hydrogens (tertiary/aromatic N) is 2. The molecule has 1 saturated carbocycles. The first-order valence-corrected chi connectivity index (χ1v) is 10.7. The number of fused-ring (bicyclic) bond motifs is 1. The number of benzene rings is 1. The standard InChI is InChI=1S/C22H25N3O2S/c1-14-10-17-19(11-15(14)2)25(13-21(26)23-16-6-3-4-7-16)22(27)12-18(24-17)20-8-5-9-28-20/h5,8-11,16H,3-4,6-7,12-13H2,1-2H3,(H,23,26). The average molecular weight is 396 g/mol. The Morgan fingerprint density at radius 1 is 1.25 bits per heavy atom. The lowest BCUT2D eigenvalue weighted by Crippen LogP contribution is -2.43. The number of carbonyl (C=O) groups excluding carboxylic acids is 2. The van der Waals surface area contributed by atoms with E-state index < -0.39 is 0 Å². The van der Waals surface area contributed by atoms with Crippen LogP contribution in [0.3, 0.4) is 0 Å². The Morgan fingerprint density at radius 3 is 2.71 bits per heavy atom. The Bertz CT molecular complexity index is 928. The predicted octanol–water partition coefficient (Wildman–Crippen LogP) is 4.28. The van der Waals surface area contributed by atoms with Gasteiger partial charge in [0.1, 0.15) is 6.54 Å². The van der Waals surface area contributed by atoms with Gasteiger partial charge in [0.25, 0.3) is 0 Å². The molecule has 1 aromatic carbocycles. The third kappa shape index (κ3) is 3.87. The fraction of sp³-hybridized carbons (Fsp3) is 0.409. The van der Waals surface area contributed by atoms with E-state index in [0.29, 0.717) is 0 Å². The highest BCUT2D eigenvalue weighted by Crippen LogP contribution is 2.36. The number of rotatable bonds is 4. The van der Waals surface area contributed by atoms with Crippen LogP contribution in [0, 0.1) is 13.8 Å². The molecule has 0 unspecified atom stereocenters. The molecular formula is C22H25N3O2S. The van der Waals surface area contributed by atoms with Crippen LogP contribution in [0.1, 0.15) is 48.1 Å². The van der Waals surface area contributed by atoms with Crippen molar-refractivity contribution in [1.29, 1.82) is 0 Å². The first-order chi connectivity index (χ1) is 13.5. The van der Waals surface area contributed by atoms with Crippen molar-refractivity contribution in [2.45, 2.75) is 52.0 Å². The van der Waals surface area contributed by atoms with Crippen LogP contribution in [0.25, 0.3) is 0 Å². The Hall–Kier alpha value is -2.47. The van der Waals surface area contributed by atoms with Gasteiger partial charge >= 0.3 is 0 Å². The van der Waals surface area contributed by atoms with Gasteiger partial charge in [0.2, 0.25) is 11.8 Å². The van der Waals surface area contributed by atoms with Crippen LogP contribution in [0.5, 0.6) is 0 Å². The van der Waals surface area contributed by atoms with Crippen molar-refractivity contribution >= 4 is 40.2 Å². The summed E-state index contributed by atoms with van der Waals surface area (Å²) in [5.41, 5.74) is 4.45. The molecular weight excluding hydrogens is 370 g/mol. The molecule has 2 amide bonds. The lowest BCUT2D eigenvalue weighted by atomic mass is 10.1. The summed E-state index contributed by atoms with van der Waals surface area (Å²) in [6.07, 6.45) is 4.57. The summed E-state index contributed by atoms with van der Waals surface area (Å²) in [5, 5.41) is 5.08. The average Bonchev–Trinajstić information content (AvgIpc) is 3.34. The molecule has 1 fully saturated rings. The van der Waals surface area contributed by atoms with Crippen LogP contribution in [0.15, 0.2) is 34.6 Å². The summed E-state index contributed by atoms with van der Waals surface area (Å²) < 4.78 is 0. The molecule has 6 heteroatoms. The number of aliphatic imine (C=N–C) groups is 1. The first-order valence-electron chi connectivity index (χ1n) is 9.83. The number of carbonyl (C=O) groups is 2. The largest absolute Gasteiger partial charge is 0.352 e. The van der Waals surface area contributed by atoms with Gasteiger partial charge in [-0.3, -0.25) is 9.59 Å². The maximum absolute atomic E-state index is 13.1. The number of hydrogen-bond donors (Lipinski definition) is 1. The Kier molecular flexibility index (Phi) is 5.31. The molecule has 1 aromatic heterocycles. The monoisotopic (exact) mass is 395 g/mol. The van der Waals surface area contributed by atoms with E-state index in [9.17, 15) is 9.59 Å². The van der Waals surface area contributed by atoms with Crippen molar-refractivity contribution in [2.24, 2.45) is 4.99 Å². The third-order valence-corrected chi connectivity index (χ3v) is 6.50. The highest BCUT2D eigenvalue weighted by atomic mass is 32.1. The number of aryl methyl sites for hydroxylation is 2. The molecule has 146 valence electrons. The van der Waals surface area contributed by atoms with E-state index in [-0.39, 0.29) is 30.8 Å². The van der Waals surface area contributed by atoms with Gasteiger partial charge in [-0.1, -0.05) is 18.9 Å². The third-order valence-electron chi connectivity index (χ3n) is 5.58. The molecule has 0 atom stereocenters. The van der Waals surface area contributed by atoms with Gasteiger partial charge in [0.05, 0.1) is 23.5 Å². The molecule has 0 saturated heterocycles. The molecule has 1 N–H and O–H groups in total. The zero-order chi connectivity index (χ0) is 19.7. The molecule has 5 nitrogen and oxygen atoms in total. The van der Waals surface area contributed by atoms with Gasteiger partial charge in [-0.15, -0.1) is 11.3 Å². The van der Waals surface area contributed by atoms with Crippen molar-refractivity contribution in [3.8, 4) is 0 Å². The maximum atomic E-state index is 13.1. The molecule has 2 aromatic rings. The van der Waals surface area contributed by atoms with E-state index >= 15 is 0 Å². The minimum absolute atomic E-state index is 0.0398. The van der Waals surface area contributed by atoms with Gasteiger partial charge in [0.15, 0.2) is 0 Å². The van der Waals surface area contributed by atoms with Crippen molar-refractivity contribution < 1.29 is 9.59 Å². The SMILES string of the molecule is Cc1cc2c(cc1C)N(CC(=O)NC1CCCC1)C(=O)CC(c1cccs1)=N2. The second kappa shape index (κ2) is 7.87. The fourth-order valence-electron chi connectivity index (χ4n) is 3.89. The van der Waals surface area contributed by atoms with E-state index in [4.69, 9.17) is 4.99 Å². The van der Waals surface area contributed by atoms with E-state index in [0.717, 1.165) is 58.8 Å². The van der Waals surface area contributed by atoms with E-state index in [1.54, 1.807) is 16.2 Å². The van der Waals surface area contributed by atoms with Gasteiger partial charge in [-0.05, 0) is 61.4 Å². The van der Waals surface area contributed by atoms with E-state index in [1.807, 2.05) is 43.5 Å². The molecule has 0 spiro atoms. The summed E-state index contributed by atoms with van der Waals surface area (Å²) in [6, 6.07) is 8.18. The number of amides is 2. The lowest BCUT2D eigenvalue weighted by Gasteiger charge is -2.24. The number of hydrogen-bond acceptors (Lipinski definition) is 4. The zero-order valence-electron chi connectivity index (χ0n) is 16.3. The highest BCUT2D eigenvalue weighted by molar-refractivity contribution is 7.12. The molecule has 2 aliphatic rings. The highest BCUT2D eigenvalue weighted by Gasteiger charge is 2.28. The second-order valence-electron chi connectivity index (χ2n) is 7.67. The summed E-state index contributed by atoms with van der Waals surface area (Å²) in [4.78, 5) is 33.2. The fourth-order valence-corrected chi connectivity index (χ4v) is 4.61. The number of anilines is 1. The smallest absolute Gasteiger partial charge is 0.240 e. The van der Waals surface area contributed by atoms with Crippen LogP contribution in [-0.4, -0.2) is 30.1 Å². The quantitative estimate of drug-likeness (QED) is 0.840. The van der Waals surface area contributed by atoms with Crippen molar-refractivity contribution in [3.05, 3.63) is 45.6 Å². The van der Waals surface area contributed by atoms with Crippen molar-refractivity contribution in [3.63, 3.8) is 0 Å². The summed E-state index contributed by atoms with van der Waals surface area (Å²) in [5.74, 6) is -0.181. The molecule has 28 heavy (non-hydrogen) atoms. The first kappa shape index (κ1) is 18.9. The van der Waals surface area contributed by atoms with E-state index in [2.05, 4.69) is 5.32 Å². The topological polar surface area (TPSA) is 61.8 Å². The summed E-state index contributed by atoms with van der Waals surface area (Å²) >= 11 is 1.58. The van der Waals surface area contributed by atoms with E-state index in [1.165, 1.54) is 0 Å². The lowest BCUT2D eigenvalue weighted by molar-refractivity contribution is -0.123. The van der Waals surface area contributed by atoms with Gasteiger partial charge in [-0.25, -0.2) is 4.99 Å². The van der Waals surface area contributed by atoms with Crippen molar-refractivity contribution in [1.82, 2.24) is 5.32 Å². The summed E-state index contributed by atoms with van der Waals surface area (Å²) in [7, 11) is 0. The van der Waals surface area contributed by atoms with Crippen LogP contribution in [-0.2, 0) is 9.59 Å². The Balaban J connectivity index is 1.66. The number of thiophene rings is 1. The zero-order valence-corrected chi connectivity index (χ0v) is 17.1. The molecule has 4 rings (SSSR count). The molecule has 1 aliphatic heterocycles. The minimum Gasteiger partial charge on any atom is -0.352 e. The van der Waals surface area contributed by atoms with Crippen molar-refractivity contribution in [2.75, 3.05) is 11.4 Å². The predicted molar refractivity (Wildman–Crippen MR) is 114 cm³/mol. The second-order valence-corrected chi connectivity index (χ2v) is 8.61. The van der Waals surface area contributed by atoms with Crippen LogP contribution < -0.4 is 10.2 Å². The van der Waals surface area contributed by atoms with Crippen LogP contribution in [0.4, 0.5) is 11.4 Å². The molecule has 2 heterocycles. The van der Waals surface area contributed by atoms with Crippen LogP contribution >= 0.6 is 11.3 Å².